The molecule has 0 spiro atoms. The Morgan fingerprint density at radius 1 is 1.07 bits per heavy atom. The number of para-hydroxylation sites is 1. The maximum absolute atomic E-state index is 12.2. The molecule has 5 nitrogen and oxygen atoms in total. The quantitative estimate of drug-likeness (QED) is 0.648. The van der Waals surface area contributed by atoms with Gasteiger partial charge in [0.05, 0.1) is 19.1 Å². The summed E-state index contributed by atoms with van der Waals surface area (Å²) in [6, 6.07) is 13.8. The van der Waals surface area contributed by atoms with E-state index in [4.69, 9.17) is 32.7 Å². The van der Waals surface area contributed by atoms with Crippen LogP contribution in [0.2, 0.25) is 10.0 Å². The van der Waals surface area contributed by atoms with E-state index in [1.54, 1.807) is 37.3 Å². The summed E-state index contributed by atoms with van der Waals surface area (Å²) in [7, 11) is 0. The highest BCUT2D eigenvalue weighted by Gasteiger charge is 2.21. The highest BCUT2D eigenvalue weighted by Crippen LogP contribution is 2.26. The second kappa shape index (κ2) is 10.2. The number of esters is 1. The van der Waals surface area contributed by atoms with Crippen LogP contribution in [0.1, 0.15) is 31.9 Å². The summed E-state index contributed by atoms with van der Waals surface area (Å²) in [5, 5.41) is 3.74. The molecule has 2 atom stereocenters. The summed E-state index contributed by atoms with van der Waals surface area (Å²) >= 11 is 12.0. The first-order valence-corrected chi connectivity index (χ1v) is 9.25. The van der Waals surface area contributed by atoms with Gasteiger partial charge in [-0.05, 0) is 43.7 Å². The molecule has 0 saturated carbocycles. The van der Waals surface area contributed by atoms with Gasteiger partial charge in [0.2, 0.25) is 0 Å². The Labute approximate surface area is 168 Å². The molecule has 0 heterocycles. The van der Waals surface area contributed by atoms with E-state index in [9.17, 15) is 9.59 Å². The number of hydrogen-bond donors (Lipinski definition) is 1. The third-order valence-corrected chi connectivity index (χ3v) is 4.35. The van der Waals surface area contributed by atoms with Crippen molar-refractivity contribution in [1.82, 2.24) is 5.32 Å². The van der Waals surface area contributed by atoms with Crippen LogP contribution in [0.3, 0.4) is 0 Å². The number of hydrogen-bond acceptors (Lipinski definition) is 4. The Morgan fingerprint density at radius 3 is 2.44 bits per heavy atom. The molecule has 27 heavy (non-hydrogen) atoms. The maximum Gasteiger partial charge on any atom is 0.310 e. The predicted molar refractivity (Wildman–Crippen MR) is 105 cm³/mol. The van der Waals surface area contributed by atoms with Crippen LogP contribution in [0.4, 0.5) is 0 Å². The van der Waals surface area contributed by atoms with Crippen molar-refractivity contribution in [3.8, 4) is 5.75 Å². The molecule has 0 aromatic heterocycles. The maximum atomic E-state index is 12.2. The molecule has 144 valence electrons. The number of rotatable bonds is 8. The van der Waals surface area contributed by atoms with E-state index in [-0.39, 0.29) is 19.1 Å². The molecule has 1 amide bonds. The van der Waals surface area contributed by atoms with Gasteiger partial charge in [-0.1, -0.05) is 47.5 Å². The van der Waals surface area contributed by atoms with E-state index in [0.29, 0.717) is 15.8 Å². The molecule has 0 bridgehead atoms. The number of benzene rings is 2. The Bertz CT molecular complexity index is 783. The second-order valence-electron chi connectivity index (χ2n) is 5.94. The number of carbonyl (C=O) groups is 2. The summed E-state index contributed by atoms with van der Waals surface area (Å²) in [5.41, 5.74) is 0.726. The Hall–Kier alpha value is -2.24. The largest absolute Gasteiger partial charge is 0.493 e. The average molecular weight is 410 g/mol. The molecule has 7 heteroatoms. The molecular formula is C20H21Cl2NO4. The SMILES string of the molecule is C[C@@H](OC(=O)CCOc1ccccc1)C(=O)N[C@H](C)c1ccc(Cl)cc1Cl. The molecule has 0 aliphatic carbocycles. The molecule has 0 saturated heterocycles. The van der Waals surface area contributed by atoms with Gasteiger partial charge in [0.15, 0.2) is 6.10 Å². The number of halogens is 2. The molecule has 0 unspecified atom stereocenters. The summed E-state index contributed by atoms with van der Waals surface area (Å²) in [6.45, 7) is 3.48. The van der Waals surface area contributed by atoms with Gasteiger partial charge >= 0.3 is 5.97 Å². The van der Waals surface area contributed by atoms with Crippen molar-refractivity contribution >= 4 is 35.1 Å². The van der Waals surface area contributed by atoms with Crippen molar-refractivity contribution in [3.05, 3.63) is 64.1 Å². The third-order valence-electron chi connectivity index (χ3n) is 3.78. The minimum absolute atomic E-state index is 0.0467. The molecule has 0 fully saturated rings. The molecule has 0 aliphatic heterocycles. The van der Waals surface area contributed by atoms with Gasteiger partial charge in [-0.2, -0.15) is 0 Å². The van der Waals surface area contributed by atoms with Crippen LogP contribution < -0.4 is 10.1 Å². The lowest BCUT2D eigenvalue weighted by Gasteiger charge is -2.19. The van der Waals surface area contributed by atoms with E-state index in [1.165, 1.54) is 6.92 Å². The first-order valence-electron chi connectivity index (χ1n) is 8.49. The first-order chi connectivity index (χ1) is 12.9. The van der Waals surface area contributed by atoms with Gasteiger partial charge in [-0.15, -0.1) is 0 Å². The van der Waals surface area contributed by atoms with Crippen LogP contribution in [0.25, 0.3) is 0 Å². The minimum atomic E-state index is -0.928. The van der Waals surface area contributed by atoms with Gasteiger partial charge in [-0.25, -0.2) is 0 Å². The number of carbonyl (C=O) groups excluding carboxylic acids is 2. The molecular weight excluding hydrogens is 389 g/mol. The Morgan fingerprint density at radius 2 is 1.78 bits per heavy atom. The minimum Gasteiger partial charge on any atom is -0.493 e. The number of ether oxygens (including phenoxy) is 2. The van der Waals surface area contributed by atoms with Crippen molar-refractivity contribution in [2.45, 2.75) is 32.4 Å². The Balaban J connectivity index is 1.77. The highest BCUT2D eigenvalue weighted by atomic mass is 35.5. The zero-order valence-electron chi connectivity index (χ0n) is 15.1. The fourth-order valence-corrected chi connectivity index (χ4v) is 2.91. The Kier molecular flexibility index (Phi) is 7.95. The van der Waals surface area contributed by atoms with Gasteiger partial charge in [0.25, 0.3) is 5.91 Å². The zero-order chi connectivity index (χ0) is 19.8. The zero-order valence-corrected chi connectivity index (χ0v) is 16.6. The van der Waals surface area contributed by atoms with Crippen LogP contribution in [-0.4, -0.2) is 24.6 Å². The molecule has 0 aliphatic rings. The van der Waals surface area contributed by atoms with Gasteiger partial charge < -0.3 is 14.8 Å². The summed E-state index contributed by atoms with van der Waals surface area (Å²) in [5.74, 6) is -0.249. The van der Waals surface area contributed by atoms with Crippen molar-refractivity contribution in [2.24, 2.45) is 0 Å². The molecule has 2 rings (SSSR count). The smallest absolute Gasteiger partial charge is 0.310 e. The predicted octanol–water partition coefficient (Wildman–Crippen LogP) is 4.57. The van der Waals surface area contributed by atoms with E-state index in [0.717, 1.165) is 5.56 Å². The van der Waals surface area contributed by atoms with E-state index in [2.05, 4.69) is 5.32 Å². The summed E-state index contributed by atoms with van der Waals surface area (Å²) < 4.78 is 10.6. The van der Waals surface area contributed by atoms with Crippen LogP contribution in [0.5, 0.6) is 5.75 Å². The van der Waals surface area contributed by atoms with E-state index < -0.39 is 18.0 Å². The molecule has 2 aromatic rings. The van der Waals surface area contributed by atoms with E-state index >= 15 is 0 Å². The number of nitrogens with one attached hydrogen (secondary N) is 1. The van der Waals surface area contributed by atoms with Crippen molar-refractivity contribution in [3.63, 3.8) is 0 Å². The van der Waals surface area contributed by atoms with Crippen LogP contribution in [0, 0.1) is 0 Å². The first kappa shape index (κ1) is 21.1. The topological polar surface area (TPSA) is 64.6 Å². The average Bonchev–Trinajstić information content (AvgIpc) is 2.62. The van der Waals surface area contributed by atoms with Gasteiger partial charge in [-0.3, -0.25) is 9.59 Å². The fraction of sp³-hybridized carbons (Fsp3) is 0.300. The van der Waals surface area contributed by atoms with Gasteiger partial charge in [0.1, 0.15) is 5.75 Å². The van der Waals surface area contributed by atoms with Crippen LogP contribution in [0.15, 0.2) is 48.5 Å². The summed E-state index contributed by atoms with van der Waals surface area (Å²) in [4.78, 5) is 24.1. The number of amides is 1. The normalized spacial score (nSPS) is 12.7. The van der Waals surface area contributed by atoms with Crippen molar-refractivity contribution in [1.29, 1.82) is 0 Å². The standard InChI is InChI=1S/C20H21Cl2NO4/c1-13(17-9-8-15(21)12-18(17)22)23-20(25)14(2)27-19(24)10-11-26-16-6-4-3-5-7-16/h3-9,12-14H,10-11H2,1-2H3,(H,23,25)/t13-,14-/m1/s1. The lowest BCUT2D eigenvalue weighted by molar-refractivity contribution is -0.155. The van der Waals surface area contributed by atoms with E-state index in [1.807, 2.05) is 18.2 Å². The molecule has 2 aromatic carbocycles. The van der Waals surface area contributed by atoms with Crippen LogP contribution >= 0.6 is 23.2 Å². The van der Waals surface area contributed by atoms with Crippen molar-refractivity contribution < 1.29 is 19.1 Å². The highest BCUT2D eigenvalue weighted by molar-refractivity contribution is 6.35. The van der Waals surface area contributed by atoms with Gasteiger partial charge in [0, 0.05) is 10.0 Å². The lowest BCUT2D eigenvalue weighted by Crippen LogP contribution is -2.37. The monoisotopic (exact) mass is 409 g/mol. The lowest BCUT2D eigenvalue weighted by atomic mass is 10.1. The second-order valence-corrected chi connectivity index (χ2v) is 6.78. The van der Waals surface area contributed by atoms with Crippen LogP contribution in [-0.2, 0) is 14.3 Å². The van der Waals surface area contributed by atoms with Crippen molar-refractivity contribution in [2.75, 3.05) is 6.61 Å². The third kappa shape index (κ3) is 6.77. The fourth-order valence-electron chi connectivity index (χ4n) is 2.34. The summed E-state index contributed by atoms with van der Waals surface area (Å²) in [6.07, 6.45) is -0.881. The molecule has 0 radical (unpaired) electrons. The molecule has 1 N–H and O–H groups in total.